The third kappa shape index (κ3) is 4.84. The van der Waals surface area contributed by atoms with Gasteiger partial charge in [-0.3, -0.25) is 9.79 Å². The molecule has 0 aliphatic carbocycles. The van der Waals surface area contributed by atoms with Crippen LogP contribution in [-0.4, -0.2) is 48.9 Å². The normalized spacial score (nSPS) is 22.2. The molecule has 9 heteroatoms. The second-order valence-electron chi connectivity index (χ2n) is 6.90. The van der Waals surface area contributed by atoms with Crippen molar-refractivity contribution < 1.29 is 17.9 Å². The first-order valence-corrected chi connectivity index (χ1v) is 12.7. The van der Waals surface area contributed by atoms with Gasteiger partial charge in [-0.1, -0.05) is 58.0 Å². The second-order valence-corrected chi connectivity index (χ2v) is 10.9. The number of thioether (sulfide) groups is 1. The van der Waals surface area contributed by atoms with Crippen LogP contribution in [0, 0.1) is 0 Å². The molecule has 0 spiro atoms. The Morgan fingerprint density at radius 1 is 1.14 bits per heavy atom. The molecular formula is C20H19BrN2O4S2. The fourth-order valence-electron chi connectivity index (χ4n) is 3.44. The fourth-order valence-corrected chi connectivity index (χ4v) is 6.47. The van der Waals surface area contributed by atoms with Gasteiger partial charge in [0.15, 0.2) is 15.0 Å². The topological polar surface area (TPSA) is 76.0 Å². The minimum atomic E-state index is -3.11. The number of ether oxygens (including phenoxy) is 1. The molecule has 2 heterocycles. The van der Waals surface area contributed by atoms with Crippen molar-refractivity contribution in [1.82, 2.24) is 0 Å². The molecule has 0 radical (unpaired) electrons. The molecule has 0 saturated carbocycles. The van der Waals surface area contributed by atoms with Gasteiger partial charge in [0, 0.05) is 10.2 Å². The van der Waals surface area contributed by atoms with Crippen molar-refractivity contribution in [3.63, 3.8) is 0 Å². The lowest BCUT2D eigenvalue weighted by Crippen LogP contribution is -2.39. The van der Waals surface area contributed by atoms with Crippen molar-refractivity contribution >= 4 is 54.4 Å². The quantitative estimate of drug-likeness (QED) is 0.593. The predicted molar refractivity (Wildman–Crippen MR) is 119 cm³/mol. The zero-order chi connectivity index (χ0) is 20.4. The monoisotopic (exact) mass is 494 g/mol. The summed E-state index contributed by atoms with van der Waals surface area (Å²) in [5.74, 6) is -0.0975. The van der Waals surface area contributed by atoms with Gasteiger partial charge in [0.05, 0.1) is 29.3 Å². The molecule has 29 heavy (non-hydrogen) atoms. The Balaban J connectivity index is 1.44. The summed E-state index contributed by atoms with van der Waals surface area (Å²) < 4.78 is 30.4. The summed E-state index contributed by atoms with van der Waals surface area (Å²) in [6.45, 7) is 0.229. The minimum Gasteiger partial charge on any atom is -0.460 e. The standard InChI is InChI=1S/C20H19BrN2O4S2/c21-15-6-8-16(9-7-15)23-18-13-29(25,26)12-17(18)22-20(23)28-11-19(24)27-10-14-4-2-1-3-5-14/h1-9,17-18H,10-13H2. The number of hydrogen-bond acceptors (Lipinski definition) is 7. The average molecular weight is 495 g/mol. The molecule has 0 N–H and O–H groups in total. The summed E-state index contributed by atoms with van der Waals surface area (Å²) in [6.07, 6.45) is 0. The molecule has 2 aliphatic rings. The van der Waals surface area contributed by atoms with Gasteiger partial charge in [0.1, 0.15) is 6.61 Å². The number of benzene rings is 2. The Kier molecular flexibility index (Phi) is 5.98. The number of carbonyl (C=O) groups is 1. The van der Waals surface area contributed by atoms with E-state index in [-0.39, 0.29) is 41.9 Å². The van der Waals surface area contributed by atoms with E-state index in [4.69, 9.17) is 4.74 Å². The van der Waals surface area contributed by atoms with Crippen LogP contribution in [-0.2, 0) is 26.0 Å². The number of fused-ring (bicyclic) bond motifs is 1. The van der Waals surface area contributed by atoms with E-state index >= 15 is 0 Å². The predicted octanol–water partition coefficient (Wildman–Crippen LogP) is 3.27. The molecule has 152 valence electrons. The van der Waals surface area contributed by atoms with Gasteiger partial charge in [0.25, 0.3) is 0 Å². The summed E-state index contributed by atoms with van der Waals surface area (Å²) in [5.41, 5.74) is 1.79. The third-order valence-electron chi connectivity index (χ3n) is 4.77. The summed E-state index contributed by atoms with van der Waals surface area (Å²) in [5, 5.41) is 0.661. The summed E-state index contributed by atoms with van der Waals surface area (Å²) >= 11 is 4.71. The maximum atomic E-state index is 12.2. The van der Waals surface area contributed by atoms with E-state index in [1.807, 2.05) is 59.5 Å². The van der Waals surface area contributed by atoms with Gasteiger partial charge in [0.2, 0.25) is 0 Å². The van der Waals surface area contributed by atoms with Gasteiger partial charge >= 0.3 is 5.97 Å². The Morgan fingerprint density at radius 2 is 1.86 bits per heavy atom. The van der Waals surface area contributed by atoms with E-state index in [2.05, 4.69) is 20.9 Å². The fraction of sp³-hybridized carbons (Fsp3) is 0.300. The van der Waals surface area contributed by atoms with E-state index < -0.39 is 9.84 Å². The Labute approximate surface area is 182 Å². The number of aliphatic imine (C=N–C) groups is 1. The SMILES string of the molecule is O=C(CSC1=NC2CS(=O)(=O)CC2N1c1ccc(Br)cc1)OCc1ccccc1. The first-order valence-electron chi connectivity index (χ1n) is 9.07. The van der Waals surface area contributed by atoms with Crippen LogP contribution in [0.25, 0.3) is 0 Å². The van der Waals surface area contributed by atoms with Gasteiger partial charge in [-0.25, -0.2) is 8.42 Å². The number of rotatable bonds is 5. The molecule has 2 aromatic carbocycles. The van der Waals surface area contributed by atoms with Crippen LogP contribution in [0.3, 0.4) is 0 Å². The zero-order valence-corrected chi connectivity index (χ0v) is 18.6. The highest BCUT2D eigenvalue weighted by Gasteiger charge is 2.47. The lowest BCUT2D eigenvalue weighted by atomic mass is 10.1. The number of sulfone groups is 1. The first kappa shape index (κ1) is 20.4. The first-order chi connectivity index (χ1) is 13.9. The average Bonchev–Trinajstić information content (AvgIpc) is 3.17. The van der Waals surface area contributed by atoms with Crippen molar-refractivity contribution in [2.45, 2.75) is 18.7 Å². The smallest absolute Gasteiger partial charge is 0.316 e. The highest BCUT2D eigenvalue weighted by atomic mass is 79.9. The summed E-state index contributed by atoms with van der Waals surface area (Å²) in [7, 11) is -3.11. The lowest BCUT2D eigenvalue weighted by molar-refractivity contribution is -0.141. The Bertz CT molecular complexity index is 1030. The van der Waals surface area contributed by atoms with Crippen LogP contribution in [0.15, 0.2) is 64.1 Å². The van der Waals surface area contributed by atoms with Crippen LogP contribution >= 0.6 is 27.7 Å². The van der Waals surface area contributed by atoms with Crippen molar-refractivity contribution in [2.75, 3.05) is 22.2 Å². The zero-order valence-electron chi connectivity index (χ0n) is 15.4. The van der Waals surface area contributed by atoms with Crippen LogP contribution in [0.5, 0.6) is 0 Å². The summed E-state index contributed by atoms with van der Waals surface area (Å²) in [4.78, 5) is 18.8. The van der Waals surface area contributed by atoms with Crippen molar-refractivity contribution in [2.24, 2.45) is 4.99 Å². The molecule has 2 atom stereocenters. The van der Waals surface area contributed by atoms with Gasteiger partial charge in [-0.05, 0) is 29.8 Å². The van der Waals surface area contributed by atoms with Crippen LogP contribution in [0.2, 0.25) is 0 Å². The molecule has 4 rings (SSSR count). The van der Waals surface area contributed by atoms with Gasteiger partial charge < -0.3 is 9.64 Å². The number of amidine groups is 1. The van der Waals surface area contributed by atoms with E-state index in [1.54, 1.807) is 0 Å². The number of hydrogen-bond donors (Lipinski definition) is 0. The van der Waals surface area contributed by atoms with Crippen molar-refractivity contribution in [1.29, 1.82) is 0 Å². The third-order valence-corrected chi connectivity index (χ3v) is 7.94. The minimum absolute atomic E-state index is 0.0488. The largest absolute Gasteiger partial charge is 0.460 e. The highest BCUT2D eigenvalue weighted by Crippen LogP contribution is 2.35. The molecule has 1 fully saturated rings. The van der Waals surface area contributed by atoms with Crippen LogP contribution in [0.1, 0.15) is 5.56 Å². The van der Waals surface area contributed by atoms with Crippen molar-refractivity contribution in [3.05, 3.63) is 64.6 Å². The molecule has 2 unspecified atom stereocenters. The number of halogens is 1. The Hall–Kier alpha value is -1.84. The van der Waals surface area contributed by atoms with Crippen LogP contribution in [0.4, 0.5) is 5.69 Å². The number of carbonyl (C=O) groups excluding carboxylic acids is 1. The van der Waals surface area contributed by atoms with E-state index in [0.29, 0.717) is 5.17 Å². The maximum absolute atomic E-state index is 12.2. The number of anilines is 1. The maximum Gasteiger partial charge on any atom is 0.316 e. The highest BCUT2D eigenvalue weighted by molar-refractivity contribution is 9.10. The lowest BCUT2D eigenvalue weighted by Gasteiger charge is -2.26. The molecule has 0 bridgehead atoms. The van der Waals surface area contributed by atoms with E-state index in [9.17, 15) is 13.2 Å². The molecule has 0 amide bonds. The molecule has 1 saturated heterocycles. The number of nitrogens with zero attached hydrogens (tertiary/aromatic N) is 2. The van der Waals surface area contributed by atoms with E-state index in [1.165, 1.54) is 11.8 Å². The molecular weight excluding hydrogens is 476 g/mol. The number of esters is 1. The molecule has 6 nitrogen and oxygen atoms in total. The van der Waals surface area contributed by atoms with Gasteiger partial charge in [-0.2, -0.15) is 0 Å². The Morgan fingerprint density at radius 3 is 2.59 bits per heavy atom. The second kappa shape index (κ2) is 8.49. The summed E-state index contributed by atoms with van der Waals surface area (Å²) in [6, 6.07) is 16.6. The molecule has 2 aliphatic heterocycles. The molecule has 0 aromatic heterocycles. The van der Waals surface area contributed by atoms with Crippen molar-refractivity contribution in [3.8, 4) is 0 Å². The van der Waals surface area contributed by atoms with Crippen LogP contribution < -0.4 is 4.90 Å². The molecule has 2 aromatic rings. The van der Waals surface area contributed by atoms with Gasteiger partial charge in [-0.15, -0.1) is 0 Å². The van der Waals surface area contributed by atoms with E-state index in [0.717, 1.165) is 15.7 Å².